The van der Waals surface area contributed by atoms with Crippen LogP contribution in [0.5, 0.6) is 5.75 Å². The maximum absolute atomic E-state index is 14.5. The fraction of sp³-hybridized carbons (Fsp3) is 0.211. The van der Waals surface area contributed by atoms with E-state index in [1.807, 2.05) is 0 Å². The zero-order valence-corrected chi connectivity index (χ0v) is 18.5. The third-order valence-electron chi connectivity index (χ3n) is 3.53. The van der Waals surface area contributed by atoms with Gasteiger partial charge in [-0.15, -0.1) is 24.9 Å². The van der Waals surface area contributed by atoms with Gasteiger partial charge in [0.2, 0.25) is 11.5 Å². The number of halogens is 5. The van der Waals surface area contributed by atoms with Crippen molar-refractivity contribution in [1.29, 1.82) is 0 Å². The van der Waals surface area contributed by atoms with Crippen molar-refractivity contribution in [3.63, 3.8) is 0 Å². The number of esters is 1. The van der Waals surface area contributed by atoms with E-state index in [2.05, 4.69) is 31.2 Å². The van der Waals surface area contributed by atoms with Crippen LogP contribution in [0.15, 0.2) is 50.9 Å². The number of Topliss-reactive ketones (excluding diaryl/α,β-unsaturated/α-hetero) is 1. The first kappa shape index (κ1) is 24.7. The number of alkyl halides is 3. The molecule has 1 N–H and O–H groups in total. The van der Waals surface area contributed by atoms with Gasteiger partial charge in [0.05, 0.1) is 17.9 Å². The molecule has 0 amide bonds. The number of anilines is 1. The number of carbonyl (C=O) groups is 2. The summed E-state index contributed by atoms with van der Waals surface area (Å²) in [6.45, 7) is 1.45. The summed E-state index contributed by atoms with van der Waals surface area (Å²) in [4.78, 5) is 25.5. The van der Waals surface area contributed by atoms with Gasteiger partial charge in [-0.05, 0) is 49.6 Å². The van der Waals surface area contributed by atoms with Crippen molar-refractivity contribution >= 4 is 50.8 Å². The summed E-state index contributed by atoms with van der Waals surface area (Å²) in [7, 11) is 0. The smallest absolute Gasteiger partial charge is 0.461 e. The van der Waals surface area contributed by atoms with Crippen LogP contribution < -0.4 is 10.2 Å². The lowest BCUT2D eigenvalue weighted by atomic mass is 10.1. The maximum Gasteiger partial charge on any atom is 0.573 e. The molecule has 2 aromatic carbocycles. The molecule has 0 saturated carbocycles. The summed E-state index contributed by atoms with van der Waals surface area (Å²) in [5, 5.41) is 3.72. The first-order valence-electron chi connectivity index (χ1n) is 8.50. The van der Waals surface area contributed by atoms with Gasteiger partial charge in [0.25, 0.3) is 0 Å². The highest BCUT2D eigenvalue weighted by Gasteiger charge is 2.31. The van der Waals surface area contributed by atoms with E-state index in [1.165, 1.54) is 25.1 Å². The first-order valence-corrected chi connectivity index (χ1v) is 10.5. The molecule has 0 atom stereocenters. The molecule has 0 unspecified atom stereocenters. The molecule has 0 heterocycles. The maximum atomic E-state index is 14.5. The Morgan fingerprint density at radius 3 is 2.39 bits per heavy atom. The van der Waals surface area contributed by atoms with E-state index in [0.29, 0.717) is 4.47 Å². The number of rotatable bonds is 8. The second kappa shape index (κ2) is 10.6. The number of nitrogens with one attached hydrogen (secondary N) is 1. The van der Waals surface area contributed by atoms with Gasteiger partial charge in [0, 0.05) is 9.37 Å². The second-order valence-electron chi connectivity index (χ2n) is 5.66. The average molecular weight is 523 g/mol. The van der Waals surface area contributed by atoms with Gasteiger partial charge in [-0.1, -0.05) is 15.9 Å². The Balaban J connectivity index is 2.36. The molecule has 0 bridgehead atoms. The minimum absolute atomic E-state index is 0.0627. The second-order valence-corrected chi connectivity index (χ2v) is 7.42. The van der Waals surface area contributed by atoms with Crippen LogP contribution in [-0.4, -0.2) is 36.7 Å². The molecule has 0 saturated heterocycles. The predicted molar refractivity (Wildman–Crippen MR) is 111 cm³/mol. The zero-order valence-electron chi connectivity index (χ0n) is 16.0. The van der Waals surface area contributed by atoms with E-state index in [9.17, 15) is 27.2 Å². The summed E-state index contributed by atoms with van der Waals surface area (Å²) in [6, 6.07) is 6.98. The number of ether oxygens (including phenoxy) is 2. The molecule has 2 aromatic rings. The molecule has 166 valence electrons. The number of hydrazone groups is 1. The minimum Gasteiger partial charge on any atom is -0.461 e. The SMILES string of the molecule is CCOC(=O)/C(=N\Nc1ccc(OC(F)(F)F)cc1)C(=O)c1c(F)cc(Br)cc1SC. The van der Waals surface area contributed by atoms with Gasteiger partial charge in [-0.2, -0.15) is 5.10 Å². The highest BCUT2D eigenvalue weighted by atomic mass is 79.9. The molecule has 0 fully saturated rings. The number of thioether (sulfide) groups is 1. The van der Waals surface area contributed by atoms with Crippen LogP contribution >= 0.6 is 27.7 Å². The molecule has 0 aromatic heterocycles. The summed E-state index contributed by atoms with van der Waals surface area (Å²) < 4.78 is 60.2. The van der Waals surface area contributed by atoms with Crippen molar-refractivity contribution in [3.8, 4) is 5.75 Å². The van der Waals surface area contributed by atoms with Crippen LogP contribution in [0, 0.1) is 5.82 Å². The van der Waals surface area contributed by atoms with Gasteiger partial charge < -0.3 is 9.47 Å². The molecule has 6 nitrogen and oxygen atoms in total. The lowest BCUT2D eigenvalue weighted by molar-refractivity contribution is -0.274. The number of hydrogen-bond acceptors (Lipinski definition) is 7. The van der Waals surface area contributed by atoms with E-state index >= 15 is 0 Å². The van der Waals surface area contributed by atoms with E-state index in [4.69, 9.17) is 4.74 Å². The van der Waals surface area contributed by atoms with E-state index in [-0.39, 0.29) is 22.8 Å². The Morgan fingerprint density at radius 1 is 1.19 bits per heavy atom. The molecule has 12 heteroatoms. The van der Waals surface area contributed by atoms with Crippen LogP contribution in [0.2, 0.25) is 0 Å². The first-order chi connectivity index (χ1) is 14.6. The molecule has 0 aliphatic heterocycles. The largest absolute Gasteiger partial charge is 0.573 e. The van der Waals surface area contributed by atoms with Gasteiger partial charge >= 0.3 is 12.3 Å². The topological polar surface area (TPSA) is 77.0 Å². The van der Waals surface area contributed by atoms with Crippen molar-refractivity contribution in [3.05, 3.63) is 52.3 Å². The molecule has 2 rings (SSSR count). The van der Waals surface area contributed by atoms with Crippen LogP contribution in [0.1, 0.15) is 17.3 Å². The lowest BCUT2D eigenvalue weighted by Gasteiger charge is -2.11. The fourth-order valence-electron chi connectivity index (χ4n) is 2.29. The third kappa shape index (κ3) is 6.96. The molecule has 0 aliphatic rings. The Bertz CT molecular complexity index is 998. The van der Waals surface area contributed by atoms with Crippen LogP contribution in [0.3, 0.4) is 0 Å². The summed E-state index contributed by atoms with van der Waals surface area (Å²) in [5.74, 6) is -3.44. The quantitative estimate of drug-likeness (QED) is 0.0948. The van der Waals surface area contributed by atoms with Gasteiger partial charge in [0.1, 0.15) is 11.6 Å². The molecular formula is C19H15BrF4N2O4S. The van der Waals surface area contributed by atoms with E-state index < -0.39 is 35.4 Å². The fourth-order valence-corrected chi connectivity index (χ4v) is 3.51. The van der Waals surface area contributed by atoms with Crippen molar-refractivity contribution in [2.45, 2.75) is 18.2 Å². The Kier molecular flexibility index (Phi) is 8.45. The highest BCUT2D eigenvalue weighted by Crippen LogP contribution is 2.28. The lowest BCUT2D eigenvalue weighted by Crippen LogP contribution is -2.29. The monoisotopic (exact) mass is 522 g/mol. The van der Waals surface area contributed by atoms with Gasteiger partial charge in [-0.25, -0.2) is 9.18 Å². The predicted octanol–water partition coefficient (Wildman–Crippen LogP) is 5.42. The minimum atomic E-state index is -4.85. The standard InChI is InChI=1S/C19H15BrF4N2O4S/c1-3-29-18(28)16(17(27)15-13(21)8-10(20)9-14(15)31-2)26-25-11-4-6-12(7-5-11)30-19(22,23)24/h4-9,25H,3H2,1-2H3/b26-16-. The summed E-state index contributed by atoms with van der Waals surface area (Å²) in [6.07, 6.45) is -3.22. The Labute approximate surface area is 187 Å². The molecule has 0 aliphatic carbocycles. The number of benzene rings is 2. The number of nitrogens with zero attached hydrogens (tertiary/aromatic N) is 1. The van der Waals surface area contributed by atoms with Crippen molar-refractivity contribution in [2.24, 2.45) is 5.10 Å². The van der Waals surface area contributed by atoms with Crippen LogP contribution in [-0.2, 0) is 9.53 Å². The summed E-state index contributed by atoms with van der Waals surface area (Å²) in [5.41, 5.74) is 1.44. The van der Waals surface area contributed by atoms with E-state index in [0.717, 1.165) is 30.0 Å². The normalized spacial score (nSPS) is 11.8. The average Bonchev–Trinajstić information content (AvgIpc) is 2.67. The Morgan fingerprint density at radius 2 is 1.84 bits per heavy atom. The van der Waals surface area contributed by atoms with Gasteiger partial charge in [0.15, 0.2) is 0 Å². The number of ketones is 1. The van der Waals surface area contributed by atoms with Crippen molar-refractivity contribution in [1.82, 2.24) is 0 Å². The van der Waals surface area contributed by atoms with Crippen molar-refractivity contribution in [2.75, 3.05) is 18.3 Å². The molecule has 0 radical (unpaired) electrons. The van der Waals surface area contributed by atoms with Crippen LogP contribution in [0.4, 0.5) is 23.2 Å². The highest BCUT2D eigenvalue weighted by molar-refractivity contribution is 9.10. The number of carbonyl (C=O) groups excluding carboxylic acids is 2. The number of hydrogen-bond donors (Lipinski definition) is 1. The van der Waals surface area contributed by atoms with Gasteiger partial charge in [-0.3, -0.25) is 10.2 Å². The van der Waals surface area contributed by atoms with Crippen LogP contribution in [0.25, 0.3) is 0 Å². The zero-order chi connectivity index (χ0) is 23.2. The molecular weight excluding hydrogens is 508 g/mol. The Hall–Kier alpha value is -2.60. The van der Waals surface area contributed by atoms with E-state index in [1.54, 1.807) is 6.26 Å². The molecule has 0 spiro atoms. The summed E-state index contributed by atoms with van der Waals surface area (Å²) >= 11 is 4.22. The third-order valence-corrected chi connectivity index (χ3v) is 4.75. The van der Waals surface area contributed by atoms with Crippen molar-refractivity contribution < 1.29 is 36.6 Å². The molecule has 31 heavy (non-hydrogen) atoms.